The second-order valence-corrected chi connectivity index (χ2v) is 2.73. The van der Waals surface area contributed by atoms with Gasteiger partial charge in [-0.25, -0.2) is 4.98 Å². The maximum Gasteiger partial charge on any atom is 0.405 e. The predicted molar refractivity (Wildman–Crippen MR) is 47.3 cm³/mol. The minimum absolute atomic E-state index is 0.0678. The Balaban J connectivity index is 2.81. The van der Waals surface area contributed by atoms with Crippen molar-refractivity contribution in [3.05, 3.63) is 23.9 Å². The van der Waals surface area contributed by atoms with E-state index in [0.717, 1.165) is 0 Å². The zero-order valence-corrected chi connectivity index (χ0v) is 7.51. The van der Waals surface area contributed by atoms with Crippen LogP contribution in [0.2, 0.25) is 0 Å². The fourth-order valence-corrected chi connectivity index (χ4v) is 0.929. The summed E-state index contributed by atoms with van der Waals surface area (Å²) in [6.45, 7) is -1.26. The van der Waals surface area contributed by atoms with E-state index in [4.69, 9.17) is 5.73 Å². The van der Waals surface area contributed by atoms with Crippen molar-refractivity contribution in [2.45, 2.75) is 6.18 Å². The normalized spacial score (nSPS) is 11.1. The first kappa shape index (κ1) is 11.3. The second kappa shape index (κ2) is 4.16. The number of amides is 1. The maximum absolute atomic E-state index is 11.9. The van der Waals surface area contributed by atoms with E-state index < -0.39 is 18.6 Å². The molecule has 1 heterocycles. The Kier molecular flexibility index (Phi) is 3.13. The average Bonchev–Trinajstić information content (AvgIpc) is 2.14. The molecule has 1 rings (SSSR count). The Morgan fingerprint density at radius 2 is 2.20 bits per heavy atom. The van der Waals surface area contributed by atoms with Crippen molar-refractivity contribution in [2.75, 3.05) is 11.9 Å². The van der Waals surface area contributed by atoms with Crippen molar-refractivity contribution in [3.8, 4) is 0 Å². The van der Waals surface area contributed by atoms with Crippen molar-refractivity contribution in [3.63, 3.8) is 0 Å². The van der Waals surface area contributed by atoms with Crippen LogP contribution >= 0.6 is 0 Å². The molecular weight excluding hydrogens is 211 g/mol. The Morgan fingerprint density at radius 3 is 2.73 bits per heavy atom. The van der Waals surface area contributed by atoms with Crippen LogP contribution in [-0.4, -0.2) is 23.6 Å². The van der Waals surface area contributed by atoms with Crippen LogP contribution in [0.25, 0.3) is 0 Å². The van der Waals surface area contributed by atoms with E-state index in [1.54, 1.807) is 0 Å². The summed E-state index contributed by atoms with van der Waals surface area (Å²) < 4.78 is 35.6. The van der Waals surface area contributed by atoms with Gasteiger partial charge >= 0.3 is 6.18 Å². The monoisotopic (exact) mass is 219 g/mol. The molecule has 0 aliphatic carbocycles. The number of carbonyl (C=O) groups excluding carboxylic acids is 1. The van der Waals surface area contributed by atoms with E-state index in [2.05, 4.69) is 4.98 Å². The molecule has 4 nitrogen and oxygen atoms in total. The number of anilines is 1. The molecule has 15 heavy (non-hydrogen) atoms. The highest BCUT2D eigenvalue weighted by Crippen LogP contribution is 2.17. The first-order valence-electron chi connectivity index (χ1n) is 3.95. The van der Waals surface area contributed by atoms with Crippen LogP contribution in [0.4, 0.5) is 19.0 Å². The van der Waals surface area contributed by atoms with Gasteiger partial charge in [-0.05, 0) is 12.1 Å². The van der Waals surface area contributed by atoms with Gasteiger partial charge in [0.2, 0.25) is 0 Å². The van der Waals surface area contributed by atoms with Crippen molar-refractivity contribution < 1.29 is 18.0 Å². The van der Waals surface area contributed by atoms with Gasteiger partial charge in [0, 0.05) is 6.20 Å². The van der Waals surface area contributed by atoms with Gasteiger partial charge in [0.15, 0.2) is 0 Å². The number of nitrogens with two attached hydrogens (primary N) is 1. The molecule has 0 saturated heterocycles. The Hall–Kier alpha value is -1.79. The first-order valence-corrected chi connectivity index (χ1v) is 3.95. The number of hydrogen-bond donors (Lipinski definition) is 2. The zero-order valence-electron chi connectivity index (χ0n) is 7.51. The molecule has 82 valence electrons. The molecule has 0 radical (unpaired) electrons. The lowest BCUT2D eigenvalue weighted by Gasteiger charge is -2.10. The number of hydrogen-bond acceptors (Lipinski definition) is 3. The fourth-order valence-electron chi connectivity index (χ4n) is 0.929. The number of alkyl halides is 3. The highest BCUT2D eigenvalue weighted by atomic mass is 19.4. The largest absolute Gasteiger partial charge is 0.405 e. The quantitative estimate of drug-likeness (QED) is 0.801. The topological polar surface area (TPSA) is 68.0 Å². The van der Waals surface area contributed by atoms with Crippen LogP contribution in [0.3, 0.4) is 0 Å². The molecule has 0 saturated carbocycles. The molecule has 0 fully saturated rings. The summed E-state index contributed by atoms with van der Waals surface area (Å²) in [5, 5.41) is 2.00. The second-order valence-electron chi connectivity index (χ2n) is 2.73. The summed E-state index contributed by atoms with van der Waals surface area (Å²) >= 11 is 0. The van der Waals surface area contributed by atoms with Crippen molar-refractivity contribution in [1.82, 2.24) is 4.98 Å². The van der Waals surface area contributed by atoms with Gasteiger partial charge in [-0.1, -0.05) is 0 Å². The van der Waals surface area contributed by atoms with Gasteiger partial charge in [0.1, 0.15) is 12.4 Å². The standard InChI is InChI=1S/C8H8F3N3O/c9-8(10,11)4-14-7-5(6(12)15)2-1-3-13-7/h1-3H,4H2,(H2,12,15)(H,13,14). The van der Waals surface area contributed by atoms with E-state index in [1.807, 2.05) is 5.32 Å². The summed E-state index contributed by atoms with van der Waals surface area (Å²) in [5.74, 6) is -0.991. The molecule has 1 aromatic rings. The minimum atomic E-state index is -4.37. The number of carbonyl (C=O) groups is 1. The molecule has 0 aliphatic heterocycles. The van der Waals surface area contributed by atoms with Gasteiger partial charge in [0.05, 0.1) is 5.56 Å². The lowest BCUT2D eigenvalue weighted by atomic mass is 10.2. The third kappa shape index (κ3) is 3.45. The highest BCUT2D eigenvalue weighted by molar-refractivity contribution is 5.97. The molecule has 1 amide bonds. The van der Waals surface area contributed by atoms with Crippen LogP contribution in [-0.2, 0) is 0 Å². The SMILES string of the molecule is NC(=O)c1cccnc1NCC(F)(F)F. The maximum atomic E-state index is 11.9. The number of aromatic nitrogens is 1. The van der Waals surface area contributed by atoms with Crippen molar-refractivity contribution in [1.29, 1.82) is 0 Å². The van der Waals surface area contributed by atoms with E-state index >= 15 is 0 Å². The summed E-state index contributed by atoms with van der Waals surface area (Å²) in [7, 11) is 0. The van der Waals surface area contributed by atoms with E-state index in [-0.39, 0.29) is 11.4 Å². The average molecular weight is 219 g/mol. The van der Waals surface area contributed by atoms with Gasteiger partial charge in [-0.3, -0.25) is 4.79 Å². The molecule has 0 unspecified atom stereocenters. The Bertz CT molecular complexity index is 364. The van der Waals surface area contributed by atoms with Gasteiger partial charge < -0.3 is 11.1 Å². The van der Waals surface area contributed by atoms with E-state index in [0.29, 0.717) is 0 Å². The predicted octanol–water partition coefficient (Wildman–Crippen LogP) is 1.15. The summed E-state index contributed by atoms with van der Waals surface area (Å²) in [5.41, 5.74) is 4.89. The van der Waals surface area contributed by atoms with Crippen LogP contribution in [0.15, 0.2) is 18.3 Å². The molecule has 0 aliphatic rings. The molecule has 0 spiro atoms. The van der Waals surface area contributed by atoms with E-state index in [9.17, 15) is 18.0 Å². The van der Waals surface area contributed by atoms with Crippen LogP contribution in [0.1, 0.15) is 10.4 Å². The van der Waals surface area contributed by atoms with Gasteiger partial charge in [0.25, 0.3) is 5.91 Å². The first-order chi connectivity index (χ1) is 6.90. The number of nitrogens with one attached hydrogen (secondary N) is 1. The fraction of sp³-hybridized carbons (Fsp3) is 0.250. The number of primary amides is 1. The lowest BCUT2D eigenvalue weighted by molar-refractivity contribution is -0.115. The van der Waals surface area contributed by atoms with Crippen molar-refractivity contribution in [2.24, 2.45) is 5.73 Å². The molecule has 0 aromatic carbocycles. The number of nitrogens with zero attached hydrogens (tertiary/aromatic N) is 1. The molecule has 1 aromatic heterocycles. The number of halogens is 3. The summed E-state index contributed by atoms with van der Waals surface area (Å²) in [4.78, 5) is 14.4. The molecule has 3 N–H and O–H groups in total. The summed E-state index contributed by atoms with van der Waals surface area (Å²) in [6.07, 6.45) is -3.10. The molecular formula is C8H8F3N3O. The smallest absolute Gasteiger partial charge is 0.365 e. The number of rotatable bonds is 3. The van der Waals surface area contributed by atoms with Crippen molar-refractivity contribution >= 4 is 11.7 Å². The van der Waals surface area contributed by atoms with Crippen LogP contribution < -0.4 is 11.1 Å². The Morgan fingerprint density at radius 1 is 1.53 bits per heavy atom. The third-order valence-electron chi connectivity index (χ3n) is 1.53. The van der Waals surface area contributed by atoms with Crippen LogP contribution in [0, 0.1) is 0 Å². The minimum Gasteiger partial charge on any atom is -0.365 e. The van der Waals surface area contributed by atoms with Gasteiger partial charge in [-0.15, -0.1) is 0 Å². The number of pyridine rings is 1. The highest BCUT2D eigenvalue weighted by Gasteiger charge is 2.27. The molecule has 0 bridgehead atoms. The van der Waals surface area contributed by atoms with Gasteiger partial charge in [-0.2, -0.15) is 13.2 Å². The van der Waals surface area contributed by atoms with E-state index in [1.165, 1.54) is 18.3 Å². The lowest BCUT2D eigenvalue weighted by Crippen LogP contribution is -2.24. The molecule has 0 atom stereocenters. The Labute approximate surface area is 83.3 Å². The molecule has 7 heteroatoms. The summed E-state index contributed by atoms with van der Waals surface area (Å²) in [6, 6.07) is 2.72. The zero-order chi connectivity index (χ0) is 11.5. The van der Waals surface area contributed by atoms with Crippen LogP contribution in [0.5, 0.6) is 0 Å². The third-order valence-corrected chi connectivity index (χ3v) is 1.53.